The Labute approximate surface area is 158 Å². The molecule has 0 N–H and O–H groups in total. The van der Waals surface area contributed by atoms with Crippen LogP contribution in [0.3, 0.4) is 0 Å². The van der Waals surface area contributed by atoms with Crippen molar-refractivity contribution < 1.29 is 9.59 Å². The summed E-state index contributed by atoms with van der Waals surface area (Å²) in [7, 11) is 0. The molecule has 1 aliphatic rings. The molecular formula is C21H24N4O2. The van der Waals surface area contributed by atoms with Crippen molar-refractivity contribution >= 4 is 22.6 Å². The Morgan fingerprint density at radius 2 is 1.89 bits per heavy atom. The molecule has 1 aliphatic heterocycles. The van der Waals surface area contributed by atoms with Gasteiger partial charge in [0.2, 0.25) is 5.91 Å². The van der Waals surface area contributed by atoms with Crippen LogP contribution in [0.2, 0.25) is 0 Å². The van der Waals surface area contributed by atoms with Crippen LogP contribution in [0.1, 0.15) is 47.7 Å². The Bertz CT molecular complexity index is 1040. The standard InChI is InChI=1S/C21H24N4O2/c1-13-9-14(2)25(22-13)17-10-23(11-17)21(27)15(3)24-12-19(16(4)26)18-7-5-6-8-20(18)24/h5-9,12,15,17H,10-11H2,1-4H3/t15-/m1/s1. The van der Waals surface area contributed by atoms with Crippen molar-refractivity contribution in [2.75, 3.05) is 13.1 Å². The van der Waals surface area contributed by atoms with E-state index in [0.717, 1.165) is 22.3 Å². The van der Waals surface area contributed by atoms with Crippen LogP contribution < -0.4 is 0 Å². The smallest absolute Gasteiger partial charge is 0.245 e. The molecule has 0 saturated carbocycles. The van der Waals surface area contributed by atoms with Crippen LogP contribution in [-0.4, -0.2) is 44.0 Å². The molecule has 3 heterocycles. The quantitative estimate of drug-likeness (QED) is 0.668. The molecule has 0 aliphatic carbocycles. The second-order valence-corrected chi connectivity index (χ2v) is 7.47. The number of aromatic nitrogens is 3. The molecule has 3 aromatic rings. The van der Waals surface area contributed by atoms with Gasteiger partial charge in [0, 0.05) is 41.4 Å². The molecule has 6 nitrogen and oxygen atoms in total. The van der Waals surface area contributed by atoms with Gasteiger partial charge in [-0.25, -0.2) is 0 Å². The summed E-state index contributed by atoms with van der Waals surface area (Å²) < 4.78 is 3.94. The lowest BCUT2D eigenvalue weighted by molar-refractivity contribution is -0.140. The van der Waals surface area contributed by atoms with E-state index in [1.165, 1.54) is 0 Å². The van der Waals surface area contributed by atoms with Crippen molar-refractivity contribution in [1.82, 2.24) is 19.2 Å². The highest BCUT2D eigenvalue weighted by Gasteiger charge is 2.36. The molecule has 140 valence electrons. The third kappa shape index (κ3) is 2.85. The molecule has 1 aromatic carbocycles. The molecule has 1 fully saturated rings. The number of fused-ring (bicyclic) bond motifs is 1. The molecule has 1 amide bonds. The average Bonchev–Trinajstić information content (AvgIpc) is 3.13. The highest BCUT2D eigenvalue weighted by molar-refractivity contribution is 6.07. The fourth-order valence-electron chi connectivity index (χ4n) is 3.99. The van der Waals surface area contributed by atoms with Gasteiger partial charge in [0.15, 0.2) is 5.78 Å². The van der Waals surface area contributed by atoms with Crippen molar-refractivity contribution in [3.05, 3.63) is 53.5 Å². The Kier molecular flexibility index (Phi) is 4.13. The van der Waals surface area contributed by atoms with Crippen LogP contribution in [0.4, 0.5) is 0 Å². The molecule has 1 atom stereocenters. The van der Waals surface area contributed by atoms with Gasteiger partial charge in [-0.05, 0) is 39.8 Å². The third-order valence-electron chi connectivity index (χ3n) is 5.46. The van der Waals surface area contributed by atoms with E-state index in [2.05, 4.69) is 11.2 Å². The summed E-state index contributed by atoms with van der Waals surface area (Å²) in [5, 5.41) is 5.43. The number of carbonyl (C=O) groups is 2. The summed E-state index contributed by atoms with van der Waals surface area (Å²) in [6, 6.07) is 9.68. The summed E-state index contributed by atoms with van der Waals surface area (Å²) in [5.74, 6) is 0.0850. The monoisotopic (exact) mass is 364 g/mol. The van der Waals surface area contributed by atoms with Crippen LogP contribution in [-0.2, 0) is 4.79 Å². The summed E-state index contributed by atoms with van der Waals surface area (Å²) >= 11 is 0. The predicted molar refractivity (Wildman–Crippen MR) is 104 cm³/mol. The first-order chi connectivity index (χ1) is 12.9. The first-order valence-corrected chi connectivity index (χ1v) is 9.29. The Hall–Kier alpha value is -2.89. The van der Waals surface area contributed by atoms with Gasteiger partial charge in [0.1, 0.15) is 6.04 Å². The number of rotatable bonds is 4. The second-order valence-electron chi connectivity index (χ2n) is 7.47. The number of nitrogens with zero attached hydrogens (tertiary/aromatic N) is 4. The van der Waals surface area contributed by atoms with Crippen molar-refractivity contribution in [3.63, 3.8) is 0 Å². The molecule has 0 bridgehead atoms. The Balaban J connectivity index is 1.55. The van der Waals surface area contributed by atoms with Crippen LogP contribution in [0.25, 0.3) is 10.9 Å². The van der Waals surface area contributed by atoms with Gasteiger partial charge in [0.25, 0.3) is 0 Å². The van der Waals surface area contributed by atoms with E-state index in [4.69, 9.17) is 0 Å². The van der Waals surface area contributed by atoms with Crippen LogP contribution in [0.5, 0.6) is 0 Å². The molecule has 2 aromatic heterocycles. The fraction of sp³-hybridized carbons (Fsp3) is 0.381. The molecule has 1 saturated heterocycles. The lowest BCUT2D eigenvalue weighted by Gasteiger charge is -2.41. The number of likely N-dealkylation sites (tertiary alicyclic amines) is 1. The van der Waals surface area contributed by atoms with Crippen LogP contribution in [0, 0.1) is 13.8 Å². The third-order valence-corrected chi connectivity index (χ3v) is 5.46. The van der Waals surface area contributed by atoms with Gasteiger partial charge >= 0.3 is 0 Å². The minimum absolute atomic E-state index is 0.0122. The number of amides is 1. The molecule has 0 unspecified atom stereocenters. The minimum Gasteiger partial charge on any atom is -0.336 e. The maximum Gasteiger partial charge on any atom is 0.245 e. The Morgan fingerprint density at radius 1 is 1.19 bits per heavy atom. The summed E-state index contributed by atoms with van der Waals surface area (Å²) in [5.41, 5.74) is 3.70. The fourth-order valence-corrected chi connectivity index (χ4v) is 3.99. The lowest BCUT2D eigenvalue weighted by Crippen LogP contribution is -2.53. The maximum absolute atomic E-state index is 13.0. The number of carbonyl (C=O) groups excluding carboxylic acids is 2. The number of ketones is 1. The van der Waals surface area contributed by atoms with Crippen molar-refractivity contribution in [2.24, 2.45) is 0 Å². The molecular weight excluding hydrogens is 340 g/mol. The van der Waals surface area contributed by atoms with Crippen LogP contribution in [0.15, 0.2) is 36.5 Å². The summed E-state index contributed by atoms with van der Waals surface area (Å²) in [6.45, 7) is 8.83. The topological polar surface area (TPSA) is 60.1 Å². The first kappa shape index (κ1) is 17.5. The van der Waals surface area contributed by atoms with Gasteiger partial charge in [-0.1, -0.05) is 18.2 Å². The maximum atomic E-state index is 13.0. The molecule has 0 radical (unpaired) electrons. The zero-order chi connectivity index (χ0) is 19.3. The van der Waals surface area contributed by atoms with Gasteiger partial charge in [-0.2, -0.15) is 5.10 Å². The van der Waals surface area contributed by atoms with Gasteiger partial charge in [-0.15, -0.1) is 0 Å². The normalized spacial score (nSPS) is 15.8. The number of hydrogen-bond acceptors (Lipinski definition) is 3. The van der Waals surface area contributed by atoms with E-state index in [1.54, 1.807) is 6.92 Å². The highest BCUT2D eigenvalue weighted by Crippen LogP contribution is 2.29. The number of aryl methyl sites for hydroxylation is 2. The number of Topliss-reactive ketones (excluding diaryl/α,β-unsaturated/α-hetero) is 1. The lowest BCUT2D eigenvalue weighted by atomic mass is 10.1. The van der Waals surface area contributed by atoms with E-state index in [9.17, 15) is 9.59 Å². The zero-order valence-electron chi connectivity index (χ0n) is 16.1. The number of benzene rings is 1. The van der Waals surface area contributed by atoms with Crippen molar-refractivity contribution in [2.45, 2.75) is 39.8 Å². The molecule has 0 spiro atoms. The predicted octanol–water partition coefficient (Wildman–Crippen LogP) is 3.30. The van der Waals surface area contributed by atoms with Gasteiger partial charge < -0.3 is 9.47 Å². The van der Waals surface area contributed by atoms with Crippen molar-refractivity contribution in [3.8, 4) is 0 Å². The first-order valence-electron chi connectivity index (χ1n) is 9.29. The largest absolute Gasteiger partial charge is 0.336 e. The van der Waals surface area contributed by atoms with Gasteiger partial charge in [-0.3, -0.25) is 14.3 Å². The second kappa shape index (κ2) is 6.37. The summed E-state index contributed by atoms with van der Waals surface area (Å²) in [4.78, 5) is 26.9. The SMILES string of the molecule is CC(=O)c1cn([C@H](C)C(=O)N2CC(n3nc(C)cc3C)C2)c2ccccc12. The van der Waals surface area contributed by atoms with Crippen molar-refractivity contribution in [1.29, 1.82) is 0 Å². The highest BCUT2D eigenvalue weighted by atomic mass is 16.2. The zero-order valence-corrected chi connectivity index (χ0v) is 16.1. The number of hydrogen-bond donors (Lipinski definition) is 0. The molecule has 27 heavy (non-hydrogen) atoms. The molecule has 6 heteroatoms. The van der Waals surface area contributed by atoms with E-state index in [1.807, 2.05) is 65.4 Å². The minimum atomic E-state index is -0.357. The van der Waals surface area contributed by atoms with Gasteiger partial charge in [0.05, 0.1) is 11.7 Å². The Morgan fingerprint density at radius 3 is 2.52 bits per heavy atom. The van der Waals surface area contributed by atoms with E-state index >= 15 is 0 Å². The molecule has 4 rings (SSSR count). The number of para-hydroxylation sites is 1. The van der Waals surface area contributed by atoms with E-state index in [-0.39, 0.29) is 23.8 Å². The van der Waals surface area contributed by atoms with Crippen LogP contribution >= 0.6 is 0 Å². The average molecular weight is 364 g/mol. The van der Waals surface area contributed by atoms with E-state index in [0.29, 0.717) is 18.7 Å². The summed E-state index contributed by atoms with van der Waals surface area (Å²) in [6.07, 6.45) is 1.81. The van der Waals surface area contributed by atoms with E-state index < -0.39 is 0 Å².